The quantitative estimate of drug-likeness (QED) is 0.511. The number of aliphatic carboxylic acids is 1. The topological polar surface area (TPSA) is 73.2 Å². The van der Waals surface area contributed by atoms with Gasteiger partial charge in [-0.15, -0.1) is 0 Å². The summed E-state index contributed by atoms with van der Waals surface area (Å²) in [5.41, 5.74) is 1.48. The molecule has 3 unspecified atom stereocenters. The van der Waals surface area contributed by atoms with E-state index in [0.29, 0.717) is 29.4 Å². The molecule has 0 bridgehead atoms. The van der Waals surface area contributed by atoms with Crippen LogP contribution in [0, 0.1) is 5.92 Å². The van der Waals surface area contributed by atoms with Crippen molar-refractivity contribution in [2.75, 3.05) is 6.54 Å². The average Bonchev–Trinajstić information content (AvgIpc) is 3.52. The van der Waals surface area contributed by atoms with Crippen molar-refractivity contribution in [3.05, 3.63) is 69.7 Å². The number of nitrogens with zero attached hydrogens (tertiary/aromatic N) is 3. The molecule has 2 aromatic carbocycles. The SMILES string of the molecule is CC(C)C1C(C(=O)N2CCCC2C(=O)O)SC2=N[C@@](C)(c3ccc(Cl)cc3)[C@@H](c3ccc(Cl)cc3)N21. The molecular weight excluding hydrogens is 517 g/mol. The molecule has 3 aliphatic heterocycles. The number of carbonyl (C=O) groups is 2. The number of likely N-dealkylation sites (tertiary alicyclic amines) is 1. The van der Waals surface area contributed by atoms with E-state index in [1.807, 2.05) is 48.5 Å². The molecule has 0 aromatic heterocycles. The Labute approximate surface area is 225 Å². The van der Waals surface area contributed by atoms with E-state index in [1.165, 1.54) is 11.8 Å². The molecule has 3 heterocycles. The number of hydrogen-bond donors (Lipinski definition) is 1. The molecular formula is C27H29Cl2N3O3S. The lowest BCUT2D eigenvalue weighted by Gasteiger charge is -2.41. The van der Waals surface area contributed by atoms with Gasteiger partial charge in [0.25, 0.3) is 0 Å². The van der Waals surface area contributed by atoms with Crippen LogP contribution < -0.4 is 0 Å². The van der Waals surface area contributed by atoms with Gasteiger partial charge in [-0.1, -0.05) is 73.1 Å². The number of carbonyl (C=O) groups excluding carboxylic acids is 1. The number of amidine groups is 1. The van der Waals surface area contributed by atoms with Gasteiger partial charge < -0.3 is 14.9 Å². The smallest absolute Gasteiger partial charge is 0.326 e. The molecule has 190 valence electrons. The minimum Gasteiger partial charge on any atom is -0.480 e. The summed E-state index contributed by atoms with van der Waals surface area (Å²) < 4.78 is 0. The summed E-state index contributed by atoms with van der Waals surface area (Å²) in [7, 11) is 0. The van der Waals surface area contributed by atoms with Crippen LogP contribution in [0.15, 0.2) is 53.5 Å². The van der Waals surface area contributed by atoms with Gasteiger partial charge >= 0.3 is 5.97 Å². The zero-order chi connectivity index (χ0) is 25.8. The molecule has 0 radical (unpaired) electrons. The molecule has 5 atom stereocenters. The Morgan fingerprint density at radius 2 is 1.69 bits per heavy atom. The van der Waals surface area contributed by atoms with Crippen LogP contribution in [0.2, 0.25) is 10.0 Å². The Hall–Kier alpha value is -2.22. The van der Waals surface area contributed by atoms with Crippen LogP contribution in [0.25, 0.3) is 0 Å². The predicted molar refractivity (Wildman–Crippen MR) is 145 cm³/mol. The molecule has 0 spiro atoms. The Bertz CT molecular complexity index is 1200. The summed E-state index contributed by atoms with van der Waals surface area (Å²) in [6.07, 6.45) is 1.21. The van der Waals surface area contributed by atoms with E-state index < -0.39 is 22.8 Å². The summed E-state index contributed by atoms with van der Waals surface area (Å²) in [6.45, 7) is 6.83. The number of benzene rings is 2. The van der Waals surface area contributed by atoms with Gasteiger partial charge in [0.15, 0.2) is 5.17 Å². The molecule has 9 heteroatoms. The van der Waals surface area contributed by atoms with Crippen molar-refractivity contribution >= 4 is 52.0 Å². The average molecular weight is 547 g/mol. The summed E-state index contributed by atoms with van der Waals surface area (Å²) >= 11 is 13.9. The lowest BCUT2D eigenvalue weighted by molar-refractivity contribution is -0.148. The third kappa shape index (κ3) is 4.19. The normalized spacial score (nSPS) is 29.6. The number of amides is 1. The van der Waals surface area contributed by atoms with E-state index in [4.69, 9.17) is 28.2 Å². The summed E-state index contributed by atoms with van der Waals surface area (Å²) in [5.74, 6) is -0.909. The Kier molecular flexibility index (Phi) is 6.77. The first-order chi connectivity index (χ1) is 17.1. The fourth-order valence-electron chi connectivity index (χ4n) is 5.87. The fraction of sp³-hybridized carbons (Fsp3) is 0.444. The van der Waals surface area contributed by atoms with Crippen molar-refractivity contribution in [3.8, 4) is 0 Å². The Morgan fingerprint density at radius 1 is 1.08 bits per heavy atom. The number of hydrogen-bond acceptors (Lipinski definition) is 5. The van der Waals surface area contributed by atoms with Crippen molar-refractivity contribution < 1.29 is 14.7 Å². The van der Waals surface area contributed by atoms with Crippen LogP contribution in [-0.2, 0) is 15.1 Å². The highest BCUT2D eigenvalue weighted by Gasteiger charge is 2.58. The van der Waals surface area contributed by atoms with Crippen LogP contribution in [0.1, 0.15) is 50.8 Å². The van der Waals surface area contributed by atoms with E-state index in [1.54, 1.807) is 4.90 Å². The van der Waals surface area contributed by atoms with Crippen LogP contribution >= 0.6 is 35.0 Å². The number of thioether (sulfide) groups is 1. The van der Waals surface area contributed by atoms with Gasteiger partial charge in [0.05, 0.1) is 12.1 Å². The maximum atomic E-state index is 13.8. The standard InChI is InChI=1S/C27H29Cl2N3O3S/c1-15(2)21-22(24(33)31-14-4-5-20(31)25(34)35)36-26-30-27(3,17-8-12-19(29)13-9-17)23(32(21)26)16-6-10-18(28)11-7-16/h6-13,15,20-23H,4-5,14H2,1-3H3,(H,34,35)/t20?,21?,22?,23-,27+/m1/s1. The predicted octanol–water partition coefficient (Wildman–Crippen LogP) is 5.84. The zero-order valence-corrected chi connectivity index (χ0v) is 22.7. The lowest BCUT2D eigenvalue weighted by atomic mass is 9.80. The first-order valence-corrected chi connectivity index (χ1v) is 13.8. The van der Waals surface area contributed by atoms with Crippen LogP contribution in [-0.4, -0.2) is 55.8 Å². The second kappa shape index (κ2) is 9.58. The largest absolute Gasteiger partial charge is 0.480 e. The van der Waals surface area contributed by atoms with E-state index in [9.17, 15) is 14.7 Å². The number of aliphatic imine (C=N–C) groups is 1. The Morgan fingerprint density at radius 3 is 2.28 bits per heavy atom. The van der Waals surface area contributed by atoms with Crippen LogP contribution in [0.4, 0.5) is 0 Å². The second-order valence-electron chi connectivity index (χ2n) is 10.2. The number of rotatable bonds is 5. The summed E-state index contributed by atoms with van der Waals surface area (Å²) in [5, 5.41) is 11.4. The van der Waals surface area contributed by atoms with Gasteiger partial charge in [0.1, 0.15) is 16.8 Å². The maximum absolute atomic E-state index is 13.8. The molecule has 2 saturated heterocycles. The van der Waals surface area contributed by atoms with Gasteiger partial charge in [0, 0.05) is 16.6 Å². The van der Waals surface area contributed by atoms with Crippen molar-refractivity contribution in [1.29, 1.82) is 0 Å². The molecule has 6 nitrogen and oxygen atoms in total. The van der Waals surface area contributed by atoms with Gasteiger partial charge in [-0.25, -0.2) is 9.79 Å². The van der Waals surface area contributed by atoms with Gasteiger partial charge in [-0.2, -0.15) is 0 Å². The molecule has 1 N–H and O–H groups in total. The van der Waals surface area contributed by atoms with E-state index >= 15 is 0 Å². The van der Waals surface area contributed by atoms with Gasteiger partial charge in [0.2, 0.25) is 5.91 Å². The molecule has 0 saturated carbocycles. The van der Waals surface area contributed by atoms with Crippen molar-refractivity contribution in [2.45, 2.75) is 62.5 Å². The molecule has 0 aliphatic carbocycles. The number of halogens is 2. The van der Waals surface area contributed by atoms with E-state index in [0.717, 1.165) is 16.3 Å². The van der Waals surface area contributed by atoms with Crippen LogP contribution in [0.3, 0.4) is 0 Å². The number of fused-ring (bicyclic) bond motifs is 1. The minimum atomic E-state index is -0.933. The van der Waals surface area contributed by atoms with Crippen molar-refractivity contribution in [2.24, 2.45) is 10.9 Å². The summed E-state index contributed by atoms with van der Waals surface area (Å²) in [4.78, 5) is 34.7. The Balaban J connectivity index is 1.59. The highest BCUT2D eigenvalue weighted by atomic mass is 35.5. The number of carboxylic acid groups (broad SMARTS) is 1. The molecule has 5 rings (SSSR count). The van der Waals surface area contributed by atoms with Crippen molar-refractivity contribution in [1.82, 2.24) is 9.80 Å². The monoisotopic (exact) mass is 545 g/mol. The van der Waals surface area contributed by atoms with Crippen LogP contribution in [0.5, 0.6) is 0 Å². The maximum Gasteiger partial charge on any atom is 0.326 e. The first kappa shape index (κ1) is 25.4. The second-order valence-corrected chi connectivity index (χ2v) is 12.2. The molecule has 1 amide bonds. The highest BCUT2D eigenvalue weighted by molar-refractivity contribution is 8.15. The molecule has 3 aliphatic rings. The molecule has 2 fully saturated rings. The van der Waals surface area contributed by atoms with Gasteiger partial charge in [-0.05, 0) is 61.1 Å². The van der Waals surface area contributed by atoms with Gasteiger partial charge in [-0.3, -0.25) is 4.79 Å². The third-order valence-electron chi connectivity index (χ3n) is 7.58. The summed E-state index contributed by atoms with van der Waals surface area (Å²) in [6, 6.07) is 14.5. The molecule has 36 heavy (non-hydrogen) atoms. The zero-order valence-electron chi connectivity index (χ0n) is 20.4. The number of carboxylic acids is 1. The third-order valence-corrected chi connectivity index (χ3v) is 9.34. The first-order valence-electron chi connectivity index (χ1n) is 12.2. The molecule has 2 aromatic rings. The highest BCUT2D eigenvalue weighted by Crippen LogP contribution is 2.55. The van der Waals surface area contributed by atoms with E-state index in [2.05, 4.69) is 25.7 Å². The fourth-order valence-corrected chi connectivity index (χ4v) is 7.76. The lowest BCUT2D eigenvalue weighted by Crippen LogP contribution is -2.52. The van der Waals surface area contributed by atoms with E-state index in [-0.39, 0.29) is 23.9 Å². The minimum absolute atomic E-state index is 0.108. The van der Waals surface area contributed by atoms with Crippen molar-refractivity contribution in [3.63, 3.8) is 0 Å².